The molecule has 5 rings (SSSR count). The Morgan fingerprint density at radius 3 is 2.59 bits per heavy atom. The van der Waals surface area contributed by atoms with E-state index in [2.05, 4.69) is 37.2 Å². The van der Waals surface area contributed by atoms with E-state index in [0.29, 0.717) is 41.9 Å². The Balaban J connectivity index is 1.30. The van der Waals surface area contributed by atoms with Gasteiger partial charge in [0.2, 0.25) is 5.91 Å². The molecule has 0 radical (unpaired) electrons. The molecule has 2 aliphatic heterocycles. The zero-order valence-corrected chi connectivity index (χ0v) is 23.7. The predicted molar refractivity (Wildman–Crippen MR) is 160 cm³/mol. The van der Waals surface area contributed by atoms with Crippen LogP contribution in [0.25, 0.3) is 5.70 Å². The van der Waals surface area contributed by atoms with Crippen molar-refractivity contribution in [2.24, 2.45) is 21.3 Å². The molecule has 2 aromatic rings. The van der Waals surface area contributed by atoms with Crippen LogP contribution in [0.5, 0.6) is 0 Å². The molecule has 214 valence electrons. The van der Waals surface area contributed by atoms with Gasteiger partial charge in [-0.05, 0) is 61.6 Å². The van der Waals surface area contributed by atoms with Gasteiger partial charge in [0.15, 0.2) is 5.84 Å². The minimum Gasteiger partial charge on any atom is -0.384 e. The number of rotatable bonds is 9. The number of hydrogen-bond donors (Lipinski definition) is 2. The highest BCUT2D eigenvalue weighted by molar-refractivity contribution is 6.06. The highest BCUT2D eigenvalue weighted by Gasteiger charge is 2.55. The average Bonchev–Trinajstić information content (AvgIpc) is 3.67. The molecule has 10 heteroatoms. The molecule has 1 unspecified atom stereocenters. The summed E-state index contributed by atoms with van der Waals surface area (Å²) < 4.78 is 5.07. The number of likely N-dealkylation sites (tertiary alicyclic amines) is 1. The van der Waals surface area contributed by atoms with Crippen molar-refractivity contribution in [3.8, 4) is 0 Å². The van der Waals surface area contributed by atoms with Gasteiger partial charge in [0, 0.05) is 63.5 Å². The van der Waals surface area contributed by atoms with Crippen LogP contribution < -0.4 is 10.6 Å². The maximum atomic E-state index is 12.7. The standard InChI is InChI=1S/C31H37N7O3/c1-32-27(22-7-9-23(10-8-22)30(40)36-25-6-4-5-14-34-25)28-29(33-2)35-15-18-38(28)21-24-20-31(24)12-16-37(17-13-31)26(39)11-19-41-3/h4-10,14-15,18,24H,1,11-13,16-17,19-21H2,2-3H3,(H,33,35)(H,34,36,40)/b28-27-. The van der Waals surface area contributed by atoms with Crippen molar-refractivity contribution in [3.63, 3.8) is 0 Å². The topological polar surface area (TPSA) is 112 Å². The van der Waals surface area contributed by atoms with Crippen LogP contribution in [0, 0.1) is 11.3 Å². The van der Waals surface area contributed by atoms with E-state index >= 15 is 0 Å². The molecule has 41 heavy (non-hydrogen) atoms. The number of nitrogens with one attached hydrogen (secondary N) is 2. The second kappa shape index (κ2) is 12.5. The van der Waals surface area contributed by atoms with E-state index in [1.165, 1.54) is 0 Å². The third kappa shape index (κ3) is 6.22. The van der Waals surface area contributed by atoms with Gasteiger partial charge in [-0.15, -0.1) is 0 Å². The van der Waals surface area contributed by atoms with E-state index < -0.39 is 0 Å². The molecule has 2 N–H and O–H groups in total. The van der Waals surface area contributed by atoms with Crippen molar-refractivity contribution in [1.29, 1.82) is 0 Å². The van der Waals surface area contributed by atoms with Crippen molar-refractivity contribution in [2.75, 3.05) is 45.7 Å². The molecular formula is C31H37N7O3. The summed E-state index contributed by atoms with van der Waals surface area (Å²) >= 11 is 0. The predicted octanol–water partition coefficient (Wildman–Crippen LogP) is 3.77. The number of pyridine rings is 1. The van der Waals surface area contributed by atoms with Gasteiger partial charge in [0.25, 0.3) is 5.91 Å². The maximum absolute atomic E-state index is 12.7. The van der Waals surface area contributed by atoms with Crippen LogP contribution in [-0.4, -0.2) is 79.5 Å². The Bertz CT molecular complexity index is 1360. The van der Waals surface area contributed by atoms with E-state index in [0.717, 1.165) is 50.2 Å². The maximum Gasteiger partial charge on any atom is 0.256 e. The number of nitrogens with zero attached hydrogens (tertiary/aromatic N) is 5. The van der Waals surface area contributed by atoms with Crippen LogP contribution in [0.15, 0.2) is 76.7 Å². The minimum atomic E-state index is -0.235. The first-order chi connectivity index (χ1) is 20.0. The monoisotopic (exact) mass is 555 g/mol. The number of anilines is 1. The lowest BCUT2D eigenvalue weighted by Gasteiger charge is -2.35. The first kappa shape index (κ1) is 28.2. The van der Waals surface area contributed by atoms with Gasteiger partial charge in [0.05, 0.1) is 18.7 Å². The van der Waals surface area contributed by atoms with Crippen LogP contribution in [-0.2, 0) is 9.53 Å². The fourth-order valence-corrected chi connectivity index (χ4v) is 5.85. The molecule has 1 aromatic carbocycles. The van der Waals surface area contributed by atoms with Crippen molar-refractivity contribution in [3.05, 3.63) is 77.9 Å². The Morgan fingerprint density at radius 2 is 1.93 bits per heavy atom. The lowest BCUT2D eigenvalue weighted by atomic mass is 9.90. The fourth-order valence-electron chi connectivity index (χ4n) is 5.85. The third-order valence-corrected chi connectivity index (χ3v) is 8.33. The summed E-state index contributed by atoms with van der Waals surface area (Å²) in [5.74, 6) is 1.66. The summed E-state index contributed by atoms with van der Waals surface area (Å²) in [5, 5.41) is 6.06. The Hall–Kier alpha value is -4.31. The van der Waals surface area contributed by atoms with E-state index in [4.69, 9.17) is 4.74 Å². The van der Waals surface area contributed by atoms with Gasteiger partial charge >= 0.3 is 0 Å². The zero-order chi connectivity index (χ0) is 28.8. The summed E-state index contributed by atoms with van der Waals surface area (Å²) in [5.41, 5.74) is 3.16. The van der Waals surface area contributed by atoms with E-state index in [-0.39, 0.29) is 17.2 Å². The Labute approximate surface area is 240 Å². The molecule has 3 aliphatic rings. The van der Waals surface area contributed by atoms with Gasteiger partial charge in [-0.1, -0.05) is 18.2 Å². The number of carbonyl (C=O) groups excluding carboxylic acids is 2. The minimum absolute atomic E-state index is 0.180. The molecule has 1 atom stereocenters. The van der Waals surface area contributed by atoms with Crippen molar-refractivity contribution < 1.29 is 14.3 Å². The number of benzene rings is 1. The number of methoxy groups -OCH3 is 1. The van der Waals surface area contributed by atoms with Crippen molar-refractivity contribution >= 4 is 35.9 Å². The summed E-state index contributed by atoms with van der Waals surface area (Å²) in [6.45, 7) is 6.79. The molecule has 1 aromatic heterocycles. The van der Waals surface area contributed by atoms with Crippen LogP contribution in [0.3, 0.4) is 0 Å². The number of aliphatic imine (C=N–C) groups is 2. The number of ether oxygens (including phenoxy) is 1. The number of amidine groups is 1. The average molecular weight is 556 g/mol. The van der Waals surface area contributed by atoms with Crippen LogP contribution in [0.1, 0.15) is 41.6 Å². The lowest BCUT2D eigenvalue weighted by Crippen LogP contribution is -2.41. The molecule has 10 nitrogen and oxygen atoms in total. The molecule has 1 spiro atoms. The van der Waals surface area contributed by atoms with Gasteiger partial charge in [-0.2, -0.15) is 0 Å². The number of piperidine rings is 1. The van der Waals surface area contributed by atoms with E-state index in [1.54, 1.807) is 44.6 Å². The molecule has 2 fully saturated rings. The third-order valence-electron chi connectivity index (χ3n) is 8.33. The smallest absolute Gasteiger partial charge is 0.256 e. The number of hydrogen-bond acceptors (Lipinski definition) is 7. The number of carbonyl (C=O) groups is 2. The summed E-state index contributed by atoms with van der Waals surface area (Å²) in [4.78, 5) is 42.4. The largest absolute Gasteiger partial charge is 0.384 e. The number of aromatic nitrogens is 1. The van der Waals surface area contributed by atoms with Gasteiger partial charge in [0.1, 0.15) is 11.5 Å². The van der Waals surface area contributed by atoms with Crippen LogP contribution >= 0.6 is 0 Å². The molecule has 0 bridgehead atoms. The summed E-state index contributed by atoms with van der Waals surface area (Å²) in [6.07, 6.45) is 9.19. The molecule has 3 heterocycles. The molecule has 1 saturated carbocycles. The summed E-state index contributed by atoms with van der Waals surface area (Å²) in [7, 11) is 3.38. The lowest BCUT2D eigenvalue weighted by molar-refractivity contribution is -0.133. The quantitative estimate of drug-likeness (QED) is 0.456. The first-order valence-electron chi connectivity index (χ1n) is 14.0. The van der Waals surface area contributed by atoms with Crippen LogP contribution in [0.4, 0.5) is 5.82 Å². The molecule has 1 aliphatic carbocycles. The van der Waals surface area contributed by atoms with Gasteiger partial charge in [-0.25, -0.2) is 4.98 Å². The van der Waals surface area contributed by atoms with E-state index in [1.807, 2.05) is 35.5 Å². The second-order valence-electron chi connectivity index (χ2n) is 10.7. The highest BCUT2D eigenvalue weighted by atomic mass is 16.5. The zero-order valence-electron chi connectivity index (χ0n) is 23.7. The highest BCUT2D eigenvalue weighted by Crippen LogP contribution is 2.60. The number of amides is 2. The van der Waals surface area contributed by atoms with Crippen molar-refractivity contribution in [1.82, 2.24) is 20.1 Å². The normalized spacial score (nSPS) is 21.4. The summed E-state index contributed by atoms with van der Waals surface area (Å²) in [6, 6.07) is 12.7. The Morgan fingerprint density at radius 1 is 1.17 bits per heavy atom. The fraction of sp³-hybridized carbons (Fsp3) is 0.387. The molecule has 1 saturated heterocycles. The van der Waals surface area contributed by atoms with E-state index in [9.17, 15) is 9.59 Å². The Kier molecular flexibility index (Phi) is 8.58. The van der Waals surface area contributed by atoms with Crippen molar-refractivity contribution in [2.45, 2.75) is 25.7 Å². The van der Waals surface area contributed by atoms with Gasteiger partial charge < -0.3 is 25.2 Å². The van der Waals surface area contributed by atoms with Crippen LogP contribution in [0.2, 0.25) is 0 Å². The second-order valence-corrected chi connectivity index (χ2v) is 10.7. The first-order valence-corrected chi connectivity index (χ1v) is 14.0. The molecule has 2 amide bonds. The SMILES string of the molecule is C=N/C(=C1/C(=NC)NC=CN1CC1CC12CCN(C(=O)CCOC)CC2)c1ccc(C(=O)Nc2ccccn2)cc1. The molecular weight excluding hydrogens is 518 g/mol. The van der Waals surface area contributed by atoms with Gasteiger partial charge in [-0.3, -0.25) is 19.6 Å².